The molecule has 0 aliphatic heterocycles. The number of hydrogen-bond donors (Lipinski definition) is 1. The number of aliphatic hydroxyl groups is 1. The summed E-state index contributed by atoms with van der Waals surface area (Å²) in [5.74, 6) is 0.0289. The zero-order valence-corrected chi connectivity index (χ0v) is 8.10. The van der Waals surface area contributed by atoms with E-state index in [0.717, 1.165) is 11.8 Å². The lowest BCUT2D eigenvalue weighted by atomic mass is 10.0. The second-order valence-corrected chi connectivity index (χ2v) is 2.65. The van der Waals surface area contributed by atoms with Gasteiger partial charge in [-0.05, 0) is 12.5 Å². The van der Waals surface area contributed by atoms with Crippen molar-refractivity contribution in [1.29, 1.82) is 0 Å². The maximum atomic E-state index is 10.3. The van der Waals surface area contributed by atoms with Crippen molar-refractivity contribution < 1.29 is 9.90 Å². The molecule has 0 heterocycles. The summed E-state index contributed by atoms with van der Waals surface area (Å²) in [6.45, 7) is 3.82. The molecule has 13 heavy (non-hydrogen) atoms. The lowest BCUT2D eigenvalue weighted by Gasteiger charge is -2.00. The summed E-state index contributed by atoms with van der Waals surface area (Å²) in [5.41, 5.74) is 1.08. The fourth-order valence-corrected chi connectivity index (χ4v) is 0.835. The van der Waals surface area contributed by atoms with Gasteiger partial charge in [0.05, 0.1) is 0 Å². The van der Waals surface area contributed by atoms with Gasteiger partial charge in [-0.3, -0.25) is 0 Å². The van der Waals surface area contributed by atoms with E-state index in [0.29, 0.717) is 0 Å². The third kappa shape index (κ3) is 5.15. The second-order valence-electron chi connectivity index (χ2n) is 2.65. The number of carbonyl (C=O) groups excluding carboxylic acids is 1. The lowest BCUT2D eigenvalue weighted by molar-refractivity contribution is -0.108. The number of hydrogen-bond acceptors (Lipinski definition) is 2. The molecule has 0 amide bonds. The van der Waals surface area contributed by atoms with Crippen LogP contribution in [0.3, 0.4) is 0 Å². The number of aliphatic hydroxyl groups excluding tert-OH is 1. The molecule has 0 spiro atoms. The molecule has 0 aromatic heterocycles. The normalized spacial score (nSPS) is 11.0. The quantitative estimate of drug-likeness (QED) is 0.707. The Morgan fingerprint density at radius 3 is 2.23 bits per heavy atom. The van der Waals surface area contributed by atoms with Gasteiger partial charge in [-0.1, -0.05) is 37.3 Å². The van der Waals surface area contributed by atoms with Crippen LogP contribution in [0.2, 0.25) is 0 Å². The minimum Gasteiger partial charge on any atom is -0.397 e. The van der Waals surface area contributed by atoms with Crippen LogP contribution >= 0.6 is 0 Å². The average molecular weight is 180 g/mol. The molecule has 1 unspecified atom stereocenters. The number of benzene rings is 1. The lowest BCUT2D eigenvalue weighted by Crippen LogP contribution is -1.92. The van der Waals surface area contributed by atoms with Gasteiger partial charge in [0.25, 0.3) is 0 Å². The van der Waals surface area contributed by atoms with E-state index in [-0.39, 0.29) is 12.5 Å². The molecule has 2 heteroatoms. The Morgan fingerprint density at radius 1 is 1.38 bits per heavy atom. The summed E-state index contributed by atoms with van der Waals surface area (Å²) in [5, 5.41) is 7.57. The van der Waals surface area contributed by atoms with E-state index in [1.807, 2.05) is 37.3 Å². The summed E-state index contributed by atoms with van der Waals surface area (Å²) < 4.78 is 0. The van der Waals surface area contributed by atoms with Gasteiger partial charge in [-0.15, -0.1) is 0 Å². The topological polar surface area (TPSA) is 37.3 Å². The largest absolute Gasteiger partial charge is 0.397 e. The predicted molar refractivity (Wildman–Crippen MR) is 53.7 cm³/mol. The first-order chi connectivity index (χ1) is 6.26. The van der Waals surface area contributed by atoms with Crippen molar-refractivity contribution in [2.45, 2.75) is 19.8 Å². The highest BCUT2D eigenvalue weighted by atomic mass is 16.2. The van der Waals surface area contributed by atoms with Gasteiger partial charge in [0, 0.05) is 12.5 Å². The summed E-state index contributed by atoms with van der Waals surface area (Å²) in [6, 6.07) is 9.74. The summed E-state index contributed by atoms with van der Waals surface area (Å²) in [7, 11) is 0. The SMILES string of the molecule is CC(C=O)c1ccccc1.CCO. The second kappa shape index (κ2) is 7.50. The smallest absolute Gasteiger partial charge is 0.127 e. The van der Waals surface area contributed by atoms with Crippen LogP contribution in [0.4, 0.5) is 0 Å². The van der Waals surface area contributed by atoms with E-state index in [2.05, 4.69) is 0 Å². The van der Waals surface area contributed by atoms with E-state index < -0.39 is 0 Å². The van der Waals surface area contributed by atoms with Gasteiger partial charge in [0.2, 0.25) is 0 Å². The van der Waals surface area contributed by atoms with Crippen LogP contribution in [0.5, 0.6) is 0 Å². The summed E-state index contributed by atoms with van der Waals surface area (Å²) >= 11 is 0. The number of aldehydes is 1. The molecule has 0 saturated heterocycles. The zero-order valence-electron chi connectivity index (χ0n) is 8.10. The fourth-order valence-electron chi connectivity index (χ4n) is 0.835. The van der Waals surface area contributed by atoms with Crippen LogP contribution in [-0.2, 0) is 4.79 Å². The van der Waals surface area contributed by atoms with Crippen molar-refractivity contribution >= 4 is 6.29 Å². The van der Waals surface area contributed by atoms with E-state index in [1.54, 1.807) is 6.92 Å². The van der Waals surface area contributed by atoms with Crippen LogP contribution < -0.4 is 0 Å². The Bertz CT molecular complexity index is 219. The Balaban J connectivity index is 0.000000424. The minimum absolute atomic E-state index is 0.0289. The molecule has 0 aliphatic rings. The third-order valence-electron chi connectivity index (χ3n) is 1.53. The highest BCUT2D eigenvalue weighted by Gasteiger charge is 1.99. The minimum atomic E-state index is 0.0289. The molecule has 2 nitrogen and oxygen atoms in total. The van der Waals surface area contributed by atoms with Gasteiger partial charge in [0.1, 0.15) is 6.29 Å². The monoisotopic (exact) mass is 180 g/mol. The molecular weight excluding hydrogens is 164 g/mol. The highest BCUT2D eigenvalue weighted by molar-refractivity contribution is 5.61. The van der Waals surface area contributed by atoms with Crippen LogP contribution in [0.25, 0.3) is 0 Å². The van der Waals surface area contributed by atoms with Crippen LogP contribution in [-0.4, -0.2) is 18.0 Å². The van der Waals surface area contributed by atoms with Gasteiger partial charge in [0.15, 0.2) is 0 Å². The maximum Gasteiger partial charge on any atom is 0.127 e. The molecular formula is C11H16O2. The first-order valence-electron chi connectivity index (χ1n) is 4.37. The molecule has 0 bridgehead atoms. The van der Waals surface area contributed by atoms with Gasteiger partial charge >= 0.3 is 0 Å². The summed E-state index contributed by atoms with van der Waals surface area (Å²) in [6.07, 6.45) is 0.954. The number of carbonyl (C=O) groups is 1. The molecule has 0 fully saturated rings. The average Bonchev–Trinajstić information content (AvgIpc) is 2.19. The van der Waals surface area contributed by atoms with Crippen molar-refractivity contribution in [3.8, 4) is 0 Å². The van der Waals surface area contributed by atoms with E-state index in [1.165, 1.54) is 0 Å². The molecule has 1 aromatic rings. The van der Waals surface area contributed by atoms with Crippen molar-refractivity contribution in [2.24, 2.45) is 0 Å². The van der Waals surface area contributed by atoms with Gasteiger partial charge < -0.3 is 9.90 Å². The first-order valence-corrected chi connectivity index (χ1v) is 4.37. The van der Waals surface area contributed by atoms with Crippen molar-refractivity contribution in [3.05, 3.63) is 35.9 Å². The van der Waals surface area contributed by atoms with Gasteiger partial charge in [-0.2, -0.15) is 0 Å². The Hall–Kier alpha value is -1.15. The van der Waals surface area contributed by atoms with Crippen LogP contribution in [0, 0.1) is 0 Å². The van der Waals surface area contributed by atoms with Crippen LogP contribution in [0.15, 0.2) is 30.3 Å². The predicted octanol–water partition coefficient (Wildman–Crippen LogP) is 1.99. The Morgan fingerprint density at radius 2 is 1.85 bits per heavy atom. The zero-order chi connectivity index (χ0) is 10.1. The van der Waals surface area contributed by atoms with Crippen molar-refractivity contribution in [1.82, 2.24) is 0 Å². The van der Waals surface area contributed by atoms with Crippen molar-refractivity contribution in [2.75, 3.05) is 6.61 Å². The number of rotatable bonds is 2. The van der Waals surface area contributed by atoms with Crippen molar-refractivity contribution in [3.63, 3.8) is 0 Å². The Kier molecular flexibility index (Phi) is 6.83. The van der Waals surface area contributed by atoms with Gasteiger partial charge in [-0.25, -0.2) is 0 Å². The highest BCUT2D eigenvalue weighted by Crippen LogP contribution is 2.10. The summed E-state index contributed by atoms with van der Waals surface area (Å²) in [4.78, 5) is 10.3. The molecule has 1 aromatic carbocycles. The third-order valence-corrected chi connectivity index (χ3v) is 1.53. The first kappa shape index (κ1) is 11.8. The maximum absolute atomic E-state index is 10.3. The molecule has 0 saturated carbocycles. The molecule has 72 valence electrons. The van der Waals surface area contributed by atoms with E-state index >= 15 is 0 Å². The Labute approximate surface area is 79.2 Å². The molecule has 1 rings (SSSR count). The van der Waals surface area contributed by atoms with E-state index in [4.69, 9.17) is 5.11 Å². The fraction of sp³-hybridized carbons (Fsp3) is 0.364. The van der Waals surface area contributed by atoms with Crippen LogP contribution in [0.1, 0.15) is 25.3 Å². The van der Waals surface area contributed by atoms with E-state index in [9.17, 15) is 4.79 Å². The molecule has 0 radical (unpaired) electrons. The molecule has 1 atom stereocenters. The molecule has 1 N–H and O–H groups in total. The standard InChI is InChI=1S/C9H10O.C2H6O/c1-8(7-10)9-5-3-2-4-6-9;1-2-3/h2-8H,1H3;3H,2H2,1H3. The molecule has 0 aliphatic carbocycles.